The zero-order valence-corrected chi connectivity index (χ0v) is 20.1. The van der Waals surface area contributed by atoms with E-state index in [4.69, 9.17) is 0 Å². The molecule has 3 aliphatic heterocycles. The summed E-state index contributed by atoms with van der Waals surface area (Å²) in [6, 6.07) is 0. The zero-order chi connectivity index (χ0) is 22.3. The maximum atomic E-state index is 12.6. The van der Waals surface area contributed by atoms with Gasteiger partial charge in [-0.3, -0.25) is 14.5 Å². The molecule has 1 aromatic rings. The molecule has 1 aromatic heterocycles. The number of piperidine rings is 2. The van der Waals surface area contributed by atoms with Gasteiger partial charge < -0.3 is 20.0 Å². The Morgan fingerprint density at radius 2 is 1.72 bits per heavy atom. The molecule has 2 amide bonds. The normalized spacial score (nSPS) is 21.8. The first-order valence-corrected chi connectivity index (χ1v) is 13.1. The van der Waals surface area contributed by atoms with E-state index in [0.717, 1.165) is 103 Å². The average Bonchev–Trinajstić information content (AvgIpc) is 3.32. The molecule has 0 radical (unpaired) electrons. The van der Waals surface area contributed by atoms with Crippen molar-refractivity contribution in [3.05, 3.63) is 0 Å². The summed E-state index contributed by atoms with van der Waals surface area (Å²) in [5, 5.41) is 13.3. The molecule has 4 rings (SSSR count). The van der Waals surface area contributed by atoms with Crippen LogP contribution in [0.3, 0.4) is 0 Å². The smallest absolute Gasteiger partial charge is 0.228 e. The van der Waals surface area contributed by atoms with E-state index in [1.165, 1.54) is 11.3 Å². The van der Waals surface area contributed by atoms with Gasteiger partial charge in [-0.1, -0.05) is 18.3 Å². The van der Waals surface area contributed by atoms with Crippen molar-refractivity contribution in [1.29, 1.82) is 0 Å². The van der Waals surface area contributed by atoms with Gasteiger partial charge in [-0.2, -0.15) is 0 Å². The minimum Gasteiger partial charge on any atom is -0.356 e. The SMILES string of the molecule is CCN1CCN(CCCNC(=O)C2CCN(c3nnc(N4CCCCC4=O)s3)CC2)CC1. The fraction of sp³-hybridized carbons (Fsp3) is 0.818. The van der Waals surface area contributed by atoms with Crippen LogP contribution in [0.1, 0.15) is 45.4 Å². The lowest BCUT2D eigenvalue weighted by Gasteiger charge is -2.34. The van der Waals surface area contributed by atoms with Crippen LogP contribution in [0.25, 0.3) is 0 Å². The maximum absolute atomic E-state index is 12.6. The van der Waals surface area contributed by atoms with Gasteiger partial charge in [0.1, 0.15) is 0 Å². The van der Waals surface area contributed by atoms with Crippen molar-refractivity contribution in [3.63, 3.8) is 0 Å². The van der Waals surface area contributed by atoms with Gasteiger partial charge in [0.25, 0.3) is 0 Å². The molecule has 0 atom stereocenters. The number of hydrogen-bond donors (Lipinski definition) is 1. The zero-order valence-electron chi connectivity index (χ0n) is 19.3. The number of amides is 2. The van der Waals surface area contributed by atoms with Crippen LogP contribution in [0.2, 0.25) is 0 Å². The lowest BCUT2D eigenvalue weighted by Crippen LogP contribution is -2.46. The van der Waals surface area contributed by atoms with Gasteiger partial charge in [-0.15, -0.1) is 10.2 Å². The fourth-order valence-corrected chi connectivity index (χ4v) is 5.72. The van der Waals surface area contributed by atoms with Gasteiger partial charge in [-0.05, 0) is 45.2 Å². The second-order valence-corrected chi connectivity index (χ2v) is 9.99. The van der Waals surface area contributed by atoms with Crippen LogP contribution in [0, 0.1) is 5.92 Å². The topological polar surface area (TPSA) is 84.9 Å². The number of nitrogens with one attached hydrogen (secondary N) is 1. The first-order chi connectivity index (χ1) is 15.6. The monoisotopic (exact) mass is 463 g/mol. The third kappa shape index (κ3) is 5.96. The van der Waals surface area contributed by atoms with Crippen molar-refractivity contribution in [2.75, 3.05) is 75.2 Å². The van der Waals surface area contributed by atoms with Gasteiger partial charge in [0.05, 0.1) is 0 Å². The van der Waals surface area contributed by atoms with Gasteiger partial charge in [-0.25, -0.2) is 0 Å². The molecule has 3 saturated heterocycles. The highest BCUT2D eigenvalue weighted by atomic mass is 32.1. The number of carbonyl (C=O) groups is 2. The highest BCUT2D eigenvalue weighted by Crippen LogP contribution is 2.31. The van der Waals surface area contributed by atoms with E-state index in [1.54, 1.807) is 4.90 Å². The number of aromatic nitrogens is 2. The van der Waals surface area contributed by atoms with Crippen LogP contribution in [0.15, 0.2) is 0 Å². The van der Waals surface area contributed by atoms with E-state index >= 15 is 0 Å². The average molecular weight is 464 g/mol. The van der Waals surface area contributed by atoms with Crippen molar-refractivity contribution in [2.45, 2.75) is 45.4 Å². The number of likely N-dealkylation sites (N-methyl/N-ethyl adjacent to an activating group) is 1. The van der Waals surface area contributed by atoms with Crippen LogP contribution < -0.4 is 15.1 Å². The third-order valence-electron chi connectivity index (χ3n) is 6.96. The standard InChI is InChI=1S/C22H37N7O2S/c1-2-26-14-16-27(17-15-26)10-5-9-23-20(31)18-7-12-28(13-8-18)21-24-25-22(32-21)29-11-4-3-6-19(29)30/h18H,2-17H2,1H3,(H,23,31). The van der Waals surface area contributed by atoms with Crippen molar-refractivity contribution < 1.29 is 9.59 Å². The predicted octanol–water partition coefficient (Wildman–Crippen LogP) is 1.42. The molecule has 9 nitrogen and oxygen atoms in total. The first-order valence-electron chi connectivity index (χ1n) is 12.2. The number of piperazine rings is 1. The van der Waals surface area contributed by atoms with E-state index in [0.29, 0.717) is 11.6 Å². The molecule has 0 unspecified atom stereocenters. The van der Waals surface area contributed by atoms with Crippen molar-refractivity contribution >= 4 is 33.4 Å². The van der Waals surface area contributed by atoms with E-state index in [2.05, 4.69) is 37.1 Å². The highest BCUT2D eigenvalue weighted by molar-refractivity contribution is 7.19. The van der Waals surface area contributed by atoms with Crippen LogP contribution in [0.4, 0.5) is 10.3 Å². The Balaban J connectivity index is 1.14. The Bertz CT molecular complexity index is 757. The molecule has 32 heavy (non-hydrogen) atoms. The van der Waals surface area contributed by atoms with E-state index < -0.39 is 0 Å². The highest BCUT2D eigenvalue weighted by Gasteiger charge is 2.28. The first kappa shape index (κ1) is 23.4. The van der Waals surface area contributed by atoms with Crippen LogP contribution >= 0.6 is 11.3 Å². The van der Waals surface area contributed by atoms with Crippen LogP contribution in [-0.4, -0.2) is 97.3 Å². The van der Waals surface area contributed by atoms with Crippen molar-refractivity contribution in [1.82, 2.24) is 25.3 Å². The fourth-order valence-electron chi connectivity index (χ4n) is 4.77. The predicted molar refractivity (Wildman–Crippen MR) is 127 cm³/mol. The Hall–Kier alpha value is -1.78. The summed E-state index contributed by atoms with van der Waals surface area (Å²) in [6.45, 7) is 12.1. The Labute approximate surface area is 195 Å². The molecule has 10 heteroatoms. The Morgan fingerprint density at radius 3 is 2.44 bits per heavy atom. The summed E-state index contributed by atoms with van der Waals surface area (Å²) in [6.07, 6.45) is 5.28. The largest absolute Gasteiger partial charge is 0.356 e. The quantitative estimate of drug-likeness (QED) is 0.584. The van der Waals surface area contributed by atoms with Crippen molar-refractivity contribution in [2.24, 2.45) is 5.92 Å². The summed E-state index contributed by atoms with van der Waals surface area (Å²) in [4.78, 5) is 33.7. The minimum absolute atomic E-state index is 0.0791. The van der Waals surface area contributed by atoms with E-state index in [9.17, 15) is 9.59 Å². The molecule has 1 N–H and O–H groups in total. The minimum atomic E-state index is 0.0791. The summed E-state index contributed by atoms with van der Waals surface area (Å²) >= 11 is 1.49. The summed E-state index contributed by atoms with van der Waals surface area (Å²) < 4.78 is 0. The summed E-state index contributed by atoms with van der Waals surface area (Å²) in [7, 11) is 0. The lowest BCUT2D eigenvalue weighted by atomic mass is 9.96. The van der Waals surface area contributed by atoms with E-state index in [1.807, 2.05) is 0 Å². The number of hydrogen-bond acceptors (Lipinski definition) is 8. The van der Waals surface area contributed by atoms with Gasteiger partial charge in [0.15, 0.2) is 0 Å². The molecule has 178 valence electrons. The summed E-state index contributed by atoms with van der Waals surface area (Å²) in [5.74, 6) is 0.422. The number of anilines is 2. The van der Waals surface area contributed by atoms with E-state index in [-0.39, 0.29) is 17.7 Å². The number of rotatable bonds is 8. The summed E-state index contributed by atoms with van der Waals surface area (Å²) in [5.41, 5.74) is 0. The second-order valence-electron chi connectivity index (χ2n) is 9.05. The maximum Gasteiger partial charge on any atom is 0.228 e. The second kappa shape index (κ2) is 11.4. The van der Waals surface area contributed by atoms with Crippen LogP contribution in [-0.2, 0) is 9.59 Å². The molecular formula is C22H37N7O2S. The van der Waals surface area contributed by atoms with Crippen molar-refractivity contribution in [3.8, 4) is 0 Å². The molecular weight excluding hydrogens is 426 g/mol. The molecule has 4 heterocycles. The molecule has 0 bridgehead atoms. The Kier molecular flexibility index (Phi) is 8.31. The number of nitrogens with zero attached hydrogens (tertiary/aromatic N) is 6. The number of carbonyl (C=O) groups excluding carboxylic acids is 2. The van der Waals surface area contributed by atoms with Gasteiger partial charge in [0, 0.05) is 64.7 Å². The third-order valence-corrected chi connectivity index (χ3v) is 7.96. The lowest BCUT2D eigenvalue weighted by molar-refractivity contribution is -0.125. The molecule has 3 fully saturated rings. The molecule has 0 saturated carbocycles. The van der Waals surface area contributed by atoms with Crippen LogP contribution in [0.5, 0.6) is 0 Å². The molecule has 0 spiro atoms. The van der Waals surface area contributed by atoms with Gasteiger partial charge >= 0.3 is 0 Å². The van der Waals surface area contributed by atoms with Gasteiger partial charge in [0.2, 0.25) is 22.1 Å². The molecule has 0 aromatic carbocycles. The molecule has 0 aliphatic carbocycles. The Morgan fingerprint density at radius 1 is 1.00 bits per heavy atom. The molecule has 3 aliphatic rings.